The number of carbonyl (C=O) groups is 2. The van der Waals surface area contributed by atoms with Crippen molar-refractivity contribution in [2.24, 2.45) is 0 Å². The van der Waals surface area contributed by atoms with Gasteiger partial charge in [-0.05, 0) is 38.8 Å². The molecule has 0 saturated carbocycles. The lowest BCUT2D eigenvalue weighted by molar-refractivity contribution is 0.0528. The number of hydrogen-bond acceptors (Lipinski definition) is 3. The van der Waals surface area contributed by atoms with Crippen molar-refractivity contribution in [1.29, 1.82) is 0 Å². The van der Waals surface area contributed by atoms with Crippen molar-refractivity contribution < 1.29 is 14.3 Å². The number of ether oxygens (including phenoxy) is 1. The van der Waals surface area contributed by atoms with Gasteiger partial charge in [0.15, 0.2) is 6.29 Å². The van der Waals surface area contributed by atoms with Gasteiger partial charge >= 0.3 is 6.09 Å². The van der Waals surface area contributed by atoms with E-state index in [9.17, 15) is 9.59 Å². The van der Waals surface area contributed by atoms with Crippen LogP contribution in [0.25, 0.3) is 6.08 Å². The van der Waals surface area contributed by atoms with Crippen LogP contribution in [0.15, 0.2) is 18.3 Å². The second kappa shape index (κ2) is 6.78. The largest absolute Gasteiger partial charge is 0.444 e. The SMILES string of the molecule is CC(C)(C)OC(=O)NCCC=Cc1c[nH]c(C=O)c1. The number of hydrogen-bond donors (Lipinski definition) is 2. The van der Waals surface area contributed by atoms with E-state index in [0.717, 1.165) is 11.8 Å². The molecule has 0 fully saturated rings. The fourth-order valence-electron chi connectivity index (χ4n) is 1.38. The molecular weight excluding hydrogens is 244 g/mol. The molecule has 1 aromatic heterocycles. The minimum absolute atomic E-state index is 0.411. The van der Waals surface area contributed by atoms with Crippen LogP contribution >= 0.6 is 0 Å². The highest BCUT2D eigenvalue weighted by atomic mass is 16.6. The summed E-state index contributed by atoms with van der Waals surface area (Å²) >= 11 is 0. The van der Waals surface area contributed by atoms with Crippen LogP contribution in [-0.4, -0.2) is 29.5 Å². The van der Waals surface area contributed by atoms with Gasteiger partial charge in [0.2, 0.25) is 0 Å². The highest BCUT2D eigenvalue weighted by molar-refractivity contribution is 5.73. The lowest BCUT2D eigenvalue weighted by atomic mass is 10.2. The van der Waals surface area contributed by atoms with Crippen molar-refractivity contribution in [3.63, 3.8) is 0 Å². The monoisotopic (exact) mass is 264 g/mol. The molecule has 19 heavy (non-hydrogen) atoms. The topological polar surface area (TPSA) is 71.2 Å². The molecule has 0 unspecified atom stereocenters. The maximum atomic E-state index is 11.3. The molecule has 0 aromatic carbocycles. The third kappa shape index (κ3) is 6.45. The molecule has 0 aliphatic heterocycles. The van der Waals surface area contributed by atoms with Crippen molar-refractivity contribution in [3.05, 3.63) is 29.6 Å². The second-order valence-electron chi connectivity index (χ2n) is 5.13. The highest BCUT2D eigenvalue weighted by Crippen LogP contribution is 2.06. The molecular formula is C14H20N2O3. The molecule has 1 heterocycles. The van der Waals surface area contributed by atoms with Crippen LogP contribution in [0.2, 0.25) is 0 Å². The first-order chi connectivity index (χ1) is 8.90. The Morgan fingerprint density at radius 2 is 2.21 bits per heavy atom. The zero-order chi connectivity index (χ0) is 14.3. The normalized spacial score (nSPS) is 11.5. The first-order valence-electron chi connectivity index (χ1n) is 6.18. The summed E-state index contributed by atoms with van der Waals surface area (Å²) in [5.41, 5.74) is 1.00. The molecule has 104 valence electrons. The molecule has 0 spiro atoms. The van der Waals surface area contributed by atoms with E-state index >= 15 is 0 Å². The third-order valence-electron chi connectivity index (χ3n) is 2.14. The van der Waals surface area contributed by atoms with Crippen molar-refractivity contribution in [2.75, 3.05) is 6.54 Å². The predicted octanol–water partition coefficient (Wildman–Crippen LogP) is 2.76. The fraction of sp³-hybridized carbons (Fsp3) is 0.429. The second-order valence-corrected chi connectivity index (χ2v) is 5.13. The van der Waals surface area contributed by atoms with Gasteiger partial charge in [0.1, 0.15) is 5.60 Å². The summed E-state index contributed by atoms with van der Waals surface area (Å²) in [6.07, 6.45) is 6.62. The van der Waals surface area contributed by atoms with E-state index in [1.807, 2.05) is 32.9 Å². The maximum absolute atomic E-state index is 11.3. The Morgan fingerprint density at radius 1 is 1.47 bits per heavy atom. The molecule has 0 aliphatic rings. The molecule has 0 aliphatic carbocycles. The predicted molar refractivity (Wildman–Crippen MR) is 74.1 cm³/mol. The Morgan fingerprint density at radius 3 is 2.79 bits per heavy atom. The summed E-state index contributed by atoms with van der Waals surface area (Å²) in [4.78, 5) is 24.6. The van der Waals surface area contributed by atoms with Crippen molar-refractivity contribution in [2.45, 2.75) is 32.8 Å². The highest BCUT2D eigenvalue weighted by Gasteiger charge is 2.15. The number of H-pyrrole nitrogens is 1. The molecule has 0 radical (unpaired) electrons. The van der Waals surface area contributed by atoms with Gasteiger partial charge in [-0.25, -0.2) is 4.79 Å². The molecule has 0 saturated heterocycles. The van der Waals surface area contributed by atoms with Crippen molar-refractivity contribution >= 4 is 18.5 Å². The van der Waals surface area contributed by atoms with Crippen molar-refractivity contribution in [3.8, 4) is 0 Å². The van der Waals surface area contributed by atoms with E-state index in [0.29, 0.717) is 18.7 Å². The van der Waals surface area contributed by atoms with Crippen LogP contribution < -0.4 is 5.32 Å². The minimum atomic E-state index is -0.476. The molecule has 2 N–H and O–H groups in total. The van der Waals surface area contributed by atoms with Crippen LogP contribution in [0, 0.1) is 0 Å². The zero-order valence-electron chi connectivity index (χ0n) is 11.5. The smallest absolute Gasteiger partial charge is 0.407 e. The average Bonchev–Trinajstić information content (AvgIpc) is 2.74. The summed E-state index contributed by atoms with van der Waals surface area (Å²) in [5.74, 6) is 0. The number of aromatic amines is 1. The van der Waals surface area contributed by atoms with Gasteiger partial charge in [-0.15, -0.1) is 0 Å². The Hall–Kier alpha value is -2.04. The Balaban J connectivity index is 2.23. The van der Waals surface area contributed by atoms with E-state index in [1.165, 1.54) is 0 Å². The van der Waals surface area contributed by atoms with Gasteiger partial charge in [-0.2, -0.15) is 0 Å². The van der Waals surface area contributed by atoms with Crippen LogP contribution in [0.3, 0.4) is 0 Å². The molecule has 1 amide bonds. The number of aldehydes is 1. The van der Waals surface area contributed by atoms with E-state index in [2.05, 4.69) is 10.3 Å². The third-order valence-corrected chi connectivity index (χ3v) is 2.14. The quantitative estimate of drug-likeness (QED) is 0.634. The molecule has 1 rings (SSSR count). The molecule has 5 nitrogen and oxygen atoms in total. The van der Waals surface area contributed by atoms with Gasteiger partial charge in [0.05, 0.1) is 5.69 Å². The summed E-state index contributed by atoms with van der Waals surface area (Å²) in [5, 5.41) is 2.67. The molecule has 5 heteroatoms. The van der Waals surface area contributed by atoms with Crippen LogP contribution in [-0.2, 0) is 4.74 Å². The fourth-order valence-corrected chi connectivity index (χ4v) is 1.38. The Bertz CT molecular complexity index is 456. The van der Waals surface area contributed by atoms with Crippen LogP contribution in [0.1, 0.15) is 43.2 Å². The van der Waals surface area contributed by atoms with Gasteiger partial charge in [0, 0.05) is 12.7 Å². The Labute approximate surface area is 113 Å². The lowest BCUT2D eigenvalue weighted by Gasteiger charge is -2.19. The number of carbonyl (C=O) groups excluding carboxylic acids is 2. The van der Waals surface area contributed by atoms with Crippen LogP contribution in [0.5, 0.6) is 0 Å². The first kappa shape index (κ1) is 15.0. The summed E-state index contributed by atoms with van der Waals surface area (Å²) < 4.78 is 5.10. The van der Waals surface area contributed by atoms with E-state index in [1.54, 1.807) is 12.3 Å². The van der Waals surface area contributed by atoms with Crippen LogP contribution in [0.4, 0.5) is 4.79 Å². The number of aromatic nitrogens is 1. The Kier molecular flexibility index (Phi) is 5.36. The van der Waals surface area contributed by atoms with Gasteiger partial charge in [-0.1, -0.05) is 12.2 Å². The zero-order valence-corrected chi connectivity index (χ0v) is 11.5. The number of rotatable bonds is 5. The lowest BCUT2D eigenvalue weighted by Crippen LogP contribution is -2.32. The summed E-state index contributed by atoms with van der Waals surface area (Å²) in [6, 6.07) is 1.75. The summed E-state index contributed by atoms with van der Waals surface area (Å²) in [7, 11) is 0. The average molecular weight is 264 g/mol. The van der Waals surface area contributed by atoms with Gasteiger partial charge < -0.3 is 15.0 Å². The van der Waals surface area contributed by atoms with Gasteiger partial charge in [0.25, 0.3) is 0 Å². The van der Waals surface area contributed by atoms with E-state index < -0.39 is 11.7 Å². The standard InChI is InChI=1S/C14H20N2O3/c1-14(2,3)19-13(18)15-7-5-4-6-11-8-12(10-17)16-9-11/h4,6,8-10,16H,5,7H2,1-3H3,(H,15,18). The minimum Gasteiger partial charge on any atom is -0.444 e. The molecule has 0 bridgehead atoms. The molecule has 0 atom stereocenters. The number of nitrogens with one attached hydrogen (secondary N) is 2. The van der Waals surface area contributed by atoms with Gasteiger partial charge in [-0.3, -0.25) is 4.79 Å². The van der Waals surface area contributed by atoms with E-state index in [4.69, 9.17) is 4.74 Å². The maximum Gasteiger partial charge on any atom is 0.407 e. The number of amides is 1. The molecule has 1 aromatic rings. The first-order valence-corrected chi connectivity index (χ1v) is 6.18. The number of alkyl carbamates (subject to hydrolysis) is 1. The van der Waals surface area contributed by atoms with Crippen molar-refractivity contribution in [1.82, 2.24) is 10.3 Å². The summed E-state index contributed by atoms with van der Waals surface area (Å²) in [6.45, 7) is 5.98. The van der Waals surface area contributed by atoms with E-state index in [-0.39, 0.29) is 0 Å².